The molecule has 2 heterocycles. The Morgan fingerprint density at radius 3 is 2.50 bits per heavy atom. The Labute approximate surface area is 160 Å². The summed E-state index contributed by atoms with van der Waals surface area (Å²) in [5, 5.41) is 0. The fraction of sp³-hybridized carbons (Fsp3) is 0.588. The first-order chi connectivity index (χ1) is 12.8. The fourth-order valence-electron chi connectivity index (χ4n) is 3.21. The van der Waals surface area contributed by atoms with Gasteiger partial charge in [0, 0.05) is 12.5 Å². The molecule has 3 rings (SSSR count). The van der Waals surface area contributed by atoms with E-state index in [0.717, 1.165) is 5.56 Å². The zero-order chi connectivity index (χ0) is 20.9. The standard InChI is InChI=1S/C17H20F3NO6S/c1-16(2,3)26-15(22)21-7-13-12-5-4-11(27-28(23,24)17(18,19)20)6-10(12)9-25-14(13)8-21/h4-6,13-14H,7-9H2,1-3H3. The molecule has 1 fully saturated rings. The third-order valence-electron chi connectivity index (χ3n) is 4.37. The predicted octanol–water partition coefficient (Wildman–Crippen LogP) is 3.15. The van der Waals surface area contributed by atoms with Crippen LogP contribution in [0.4, 0.5) is 18.0 Å². The highest BCUT2D eigenvalue weighted by molar-refractivity contribution is 7.88. The number of rotatable bonds is 2. The fourth-order valence-corrected chi connectivity index (χ4v) is 3.66. The number of hydrogen-bond acceptors (Lipinski definition) is 6. The molecule has 2 atom stereocenters. The number of fused-ring (bicyclic) bond motifs is 3. The van der Waals surface area contributed by atoms with Gasteiger partial charge in [0.05, 0.1) is 19.3 Å². The van der Waals surface area contributed by atoms with Crippen LogP contribution in [0.5, 0.6) is 5.75 Å². The van der Waals surface area contributed by atoms with Gasteiger partial charge in [-0.25, -0.2) is 4.79 Å². The van der Waals surface area contributed by atoms with E-state index in [-0.39, 0.29) is 18.6 Å². The van der Waals surface area contributed by atoms with E-state index in [4.69, 9.17) is 9.47 Å². The van der Waals surface area contributed by atoms with Crippen LogP contribution in [0.2, 0.25) is 0 Å². The smallest absolute Gasteiger partial charge is 0.444 e. The number of carbonyl (C=O) groups excluding carboxylic acids is 1. The third-order valence-corrected chi connectivity index (χ3v) is 5.35. The van der Waals surface area contributed by atoms with Gasteiger partial charge in [0.25, 0.3) is 0 Å². The summed E-state index contributed by atoms with van der Waals surface area (Å²) in [6.07, 6.45) is -0.742. The molecule has 0 N–H and O–H groups in total. The van der Waals surface area contributed by atoms with E-state index in [1.807, 2.05) is 0 Å². The quantitative estimate of drug-likeness (QED) is 0.537. The lowest BCUT2D eigenvalue weighted by Gasteiger charge is -2.27. The van der Waals surface area contributed by atoms with Crippen molar-refractivity contribution in [3.05, 3.63) is 29.3 Å². The third kappa shape index (κ3) is 4.19. The zero-order valence-electron chi connectivity index (χ0n) is 15.4. The summed E-state index contributed by atoms with van der Waals surface area (Å²) in [4.78, 5) is 13.8. The Morgan fingerprint density at radius 2 is 1.89 bits per heavy atom. The van der Waals surface area contributed by atoms with Gasteiger partial charge in [-0.2, -0.15) is 21.6 Å². The molecule has 0 spiro atoms. The van der Waals surface area contributed by atoms with Gasteiger partial charge in [0.2, 0.25) is 0 Å². The van der Waals surface area contributed by atoms with Crippen LogP contribution in [0.3, 0.4) is 0 Å². The van der Waals surface area contributed by atoms with Crippen LogP contribution in [0.25, 0.3) is 0 Å². The molecule has 2 aliphatic rings. The summed E-state index contributed by atoms with van der Waals surface area (Å²) in [5.74, 6) is -0.635. The maximum atomic E-state index is 12.5. The number of hydrogen-bond donors (Lipinski definition) is 0. The van der Waals surface area contributed by atoms with Gasteiger partial charge >= 0.3 is 21.7 Å². The second kappa shape index (κ2) is 6.80. The van der Waals surface area contributed by atoms with Crippen molar-refractivity contribution in [1.29, 1.82) is 0 Å². The van der Waals surface area contributed by atoms with Crippen molar-refractivity contribution in [3.8, 4) is 5.75 Å². The molecular formula is C17H20F3NO6S. The topological polar surface area (TPSA) is 82.1 Å². The SMILES string of the molecule is CC(C)(C)OC(=O)N1CC2OCc3cc(OS(=O)(=O)C(F)(F)F)ccc3C2C1. The first kappa shape index (κ1) is 20.7. The number of ether oxygens (including phenoxy) is 2. The van der Waals surface area contributed by atoms with E-state index in [9.17, 15) is 26.4 Å². The van der Waals surface area contributed by atoms with Gasteiger partial charge in [0.1, 0.15) is 11.4 Å². The van der Waals surface area contributed by atoms with Crippen molar-refractivity contribution in [3.63, 3.8) is 0 Å². The Bertz CT molecular complexity index is 878. The van der Waals surface area contributed by atoms with Gasteiger partial charge in [0.15, 0.2) is 0 Å². The average Bonchev–Trinajstić information content (AvgIpc) is 2.96. The highest BCUT2D eigenvalue weighted by atomic mass is 32.2. The monoisotopic (exact) mass is 423 g/mol. The van der Waals surface area contributed by atoms with Crippen LogP contribution in [0, 0.1) is 0 Å². The van der Waals surface area contributed by atoms with Gasteiger partial charge in [-0.3, -0.25) is 0 Å². The largest absolute Gasteiger partial charge is 0.534 e. The Balaban J connectivity index is 1.77. The lowest BCUT2D eigenvalue weighted by Crippen LogP contribution is -2.36. The molecule has 0 aromatic heterocycles. The van der Waals surface area contributed by atoms with Crippen molar-refractivity contribution in [1.82, 2.24) is 4.90 Å². The number of alkyl halides is 3. The minimum Gasteiger partial charge on any atom is -0.444 e. The highest BCUT2D eigenvalue weighted by Gasteiger charge is 2.49. The summed E-state index contributed by atoms with van der Waals surface area (Å²) in [5.41, 5.74) is -4.86. The summed E-state index contributed by atoms with van der Waals surface area (Å²) < 4.78 is 75.0. The number of carbonyl (C=O) groups is 1. The molecule has 7 nitrogen and oxygen atoms in total. The molecule has 2 aliphatic heterocycles. The zero-order valence-corrected chi connectivity index (χ0v) is 16.3. The molecule has 2 unspecified atom stereocenters. The van der Waals surface area contributed by atoms with E-state index < -0.39 is 33.1 Å². The number of benzene rings is 1. The van der Waals surface area contributed by atoms with E-state index >= 15 is 0 Å². The maximum absolute atomic E-state index is 12.5. The maximum Gasteiger partial charge on any atom is 0.534 e. The first-order valence-corrected chi connectivity index (χ1v) is 9.91. The van der Waals surface area contributed by atoms with Crippen molar-refractivity contribution in [2.75, 3.05) is 13.1 Å². The van der Waals surface area contributed by atoms with Crippen LogP contribution in [-0.4, -0.2) is 49.7 Å². The van der Waals surface area contributed by atoms with Crippen molar-refractivity contribution in [2.45, 2.75) is 50.5 Å². The van der Waals surface area contributed by atoms with Crippen LogP contribution in [-0.2, 0) is 26.2 Å². The predicted molar refractivity (Wildman–Crippen MR) is 91.2 cm³/mol. The normalized spacial score (nSPS) is 22.4. The van der Waals surface area contributed by atoms with Crippen LogP contribution < -0.4 is 4.18 Å². The molecule has 0 radical (unpaired) electrons. The molecule has 1 aromatic rings. The lowest BCUT2D eigenvalue weighted by molar-refractivity contribution is -0.0500. The van der Waals surface area contributed by atoms with E-state index in [1.54, 1.807) is 20.8 Å². The minimum atomic E-state index is -5.74. The second-order valence-electron chi connectivity index (χ2n) is 7.69. The molecule has 0 bridgehead atoms. The molecular weight excluding hydrogens is 403 g/mol. The first-order valence-electron chi connectivity index (χ1n) is 8.50. The summed E-state index contributed by atoms with van der Waals surface area (Å²) >= 11 is 0. The number of halogens is 3. The molecule has 0 aliphatic carbocycles. The van der Waals surface area contributed by atoms with Crippen LogP contribution in [0.1, 0.15) is 37.8 Å². The number of likely N-dealkylation sites (tertiary alicyclic amines) is 1. The second-order valence-corrected chi connectivity index (χ2v) is 9.22. The lowest BCUT2D eigenvalue weighted by atomic mass is 9.89. The van der Waals surface area contributed by atoms with Gasteiger partial charge in [-0.15, -0.1) is 0 Å². The van der Waals surface area contributed by atoms with Gasteiger partial charge in [-0.05, 0) is 44.0 Å². The van der Waals surface area contributed by atoms with Crippen molar-refractivity contribution < 1.29 is 40.0 Å². The highest BCUT2D eigenvalue weighted by Crippen LogP contribution is 2.39. The molecule has 1 aromatic carbocycles. The van der Waals surface area contributed by atoms with E-state index in [1.165, 1.54) is 23.1 Å². The van der Waals surface area contributed by atoms with E-state index in [2.05, 4.69) is 4.18 Å². The van der Waals surface area contributed by atoms with Crippen molar-refractivity contribution in [2.24, 2.45) is 0 Å². The Morgan fingerprint density at radius 1 is 1.21 bits per heavy atom. The van der Waals surface area contributed by atoms with Gasteiger partial charge < -0.3 is 18.6 Å². The van der Waals surface area contributed by atoms with Crippen LogP contribution >= 0.6 is 0 Å². The molecule has 28 heavy (non-hydrogen) atoms. The van der Waals surface area contributed by atoms with E-state index in [0.29, 0.717) is 18.7 Å². The molecule has 1 saturated heterocycles. The summed E-state index contributed by atoms with van der Waals surface area (Å²) in [6.45, 7) is 6.01. The van der Waals surface area contributed by atoms with Gasteiger partial charge in [-0.1, -0.05) is 6.07 Å². The Kier molecular flexibility index (Phi) is 5.03. The number of amides is 1. The van der Waals surface area contributed by atoms with Crippen molar-refractivity contribution >= 4 is 16.2 Å². The number of nitrogens with zero attached hydrogens (tertiary/aromatic N) is 1. The van der Waals surface area contributed by atoms with Crippen LogP contribution in [0.15, 0.2) is 18.2 Å². The average molecular weight is 423 g/mol. The molecule has 156 valence electrons. The summed E-state index contributed by atoms with van der Waals surface area (Å²) in [7, 11) is -5.74. The molecule has 1 amide bonds. The summed E-state index contributed by atoms with van der Waals surface area (Å²) in [6, 6.07) is 3.89. The molecule has 11 heteroatoms. The minimum absolute atomic E-state index is 0.0714. The molecule has 0 saturated carbocycles. The Hall–Kier alpha value is -2.01.